The monoisotopic (exact) mass is 456 g/mol. The molecular weight excluding hydrogens is 420 g/mol. The van der Waals surface area contributed by atoms with Crippen LogP contribution in [-0.4, -0.2) is 51.8 Å². The highest BCUT2D eigenvalue weighted by atomic mass is 32.2. The molecule has 1 N–H and O–H groups in total. The molecule has 2 heterocycles. The maximum atomic E-state index is 13.1. The van der Waals surface area contributed by atoms with Crippen molar-refractivity contribution in [3.63, 3.8) is 0 Å². The Labute approximate surface area is 195 Å². The number of thioether (sulfide) groups is 1. The Morgan fingerprint density at radius 1 is 1.22 bits per heavy atom. The number of aromatic nitrogens is 2. The first-order valence-electron chi connectivity index (χ1n) is 11.8. The summed E-state index contributed by atoms with van der Waals surface area (Å²) >= 11 is 1.42. The number of rotatable bonds is 11. The Hall–Kier alpha value is -2.12. The van der Waals surface area contributed by atoms with Crippen LogP contribution in [0.3, 0.4) is 0 Å². The average molecular weight is 457 g/mol. The van der Waals surface area contributed by atoms with E-state index in [-0.39, 0.29) is 16.7 Å². The van der Waals surface area contributed by atoms with Crippen LogP contribution < -0.4 is 10.9 Å². The van der Waals surface area contributed by atoms with E-state index in [1.165, 1.54) is 24.6 Å². The molecule has 1 aromatic carbocycles. The van der Waals surface area contributed by atoms with Gasteiger partial charge in [-0.1, -0.05) is 61.9 Å². The molecule has 1 aliphatic heterocycles. The number of hydrogen-bond acceptors (Lipinski definition) is 5. The van der Waals surface area contributed by atoms with E-state index < -0.39 is 0 Å². The molecule has 0 spiro atoms. The fourth-order valence-corrected chi connectivity index (χ4v) is 5.22. The molecule has 7 heteroatoms. The number of hydrogen-bond donors (Lipinski definition) is 1. The van der Waals surface area contributed by atoms with E-state index in [9.17, 15) is 9.59 Å². The summed E-state index contributed by atoms with van der Waals surface area (Å²) in [5.74, 6) is 0.0444. The van der Waals surface area contributed by atoms with Crippen molar-refractivity contribution in [1.82, 2.24) is 19.8 Å². The highest BCUT2D eigenvalue weighted by Gasteiger charge is 2.23. The van der Waals surface area contributed by atoms with Gasteiger partial charge in [0.2, 0.25) is 5.91 Å². The van der Waals surface area contributed by atoms with E-state index in [2.05, 4.69) is 17.1 Å². The van der Waals surface area contributed by atoms with Gasteiger partial charge < -0.3 is 10.2 Å². The van der Waals surface area contributed by atoms with Crippen molar-refractivity contribution in [2.75, 3.05) is 26.2 Å². The Balaban J connectivity index is 1.70. The van der Waals surface area contributed by atoms with E-state index in [0.717, 1.165) is 50.2 Å². The fraction of sp³-hybridized carbons (Fsp3) is 0.560. The van der Waals surface area contributed by atoms with Gasteiger partial charge in [-0.15, -0.1) is 0 Å². The maximum Gasteiger partial charge on any atom is 0.257 e. The molecule has 1 saturated heterocycles. The lowest BCUT2D eigenvalue weighted by Gasteiger charge is -2.20. The van der Waals surface area contributed by atoms with Crippen LogP contribution in [0.2, 0.25) is 0 Å². The first kappa shape index (κ1) is 24.5. The number of likely N-dealkylation sites (tertiary alicyclic amines) is 1. The van der Waals surface area contributed by atoms with E-state index in [1.807, 2.05) is 37.3 Å². The Kier molecular flexibility index (Phi) is 9.36. The number of aryl methyl sites for hydroxylation is 1. The standard InChI is InChI=1S/C25H36N4O2S/c1-4-5-13-22(23(30)26-14-17-29-15-9-10-16-29)32-25-27-19(2)21(24(31)28(25)3)18-20-11-7-6-8-12-20/h6-8,11-12,22H,4-5,9-10,13-18H2,1-3H3,(H,26,30). The van der Waals surface area contributed by atoms with Crippen LogP contribution >= 0.6 is 11.8 Å². The zero-order chi connectivity index (χ0) is 22.9. The normalized spacial score (nSPS) is 15.1. The molecule has 32 heavy (non-hydrogen) atoms. The summed E-state index contributed by atoms with van der Waals surface area (Å²) in [7, 11) is 1.76. The Morgan fingerprint density at radius 3 is 2.62 bits per heavy atom. The van der Waals surface area contributed by atoms with Gasteiger partial charge in [0.1, 0.15) is 0 Å². The van der Waals surface area contributed by atoms with Gasteiger partial charge in [-0.2, -0.15) is 0 Å². The molecule has 0 aliphatic carbocycles. The Bertz CT molecular complexity index is 939. The largest absolute Gasteiger partial charge is 0.354 e. The van der Waals surface area contributed by atoms with E-state index in [1.54, 1.807) is 11.6 Å². The summed E-state index contributed by atoms with van der Waals surface area (Å²) in [5, 5.41) is 3.48. The van der Waals surface area contributed by atoms with Gasteiger partial charge >= 0.3 is 0 Å². The number of amides is 1. The van der Waals surface area contributed by atoms with Crippen molar-refractivity contribution in [1.29, 1.82) is 0 Å². The second kappa shape index (κ2) is 12.2. The molecule has 1 atom stereocenters. The molecule has 1 aliphatic rings. The van der Waals surface area contributed by atoms with Gasteiger partial charge in [0.05, 0.1) is 5.25 Å². The van der Waals surface area contributed by atoms with Crippen LogP contribution in [0.25, 0.3) is 0 Å². The molecule has 174 valence electrons. The SMILES string of the molecule is CCCCC(Sc1nc(C)c(Cc2ccccc2)c(=O)n1C)C(=O)NCCN1CCCC1. The number of unbranched alkanes of at least 4 members (excludes halogenated alkanes) is 1. The van der Waals surface area contributed by atoms with Gasteiger partial charge in [-0.25, -0.2) is 4.98 Å². The third kappa shape index (κ3) is 6.69. The van der Waals surface area contributed by atoms with Crippen LogP contribution in [0.4, 0.5) is 0 Å². The number of nitrogens with one attached hydrogen (secondary N) is 1. The minimum absolute atomic E-state index is 0.0347. The van der Waals surface area contributed by atoms with Gasteiger partial charge in [0, 0.05) is 37.8 Å². The smallest absolute Gasteiger partial charge is 0.257 e. The van der Waals surface area contributed by atoms with Crippen LogP contribution in [0.1, 0.15) is 55.8 Å². The first-order valence-corrected chi connectivity index (χ1v) is 12.6. The molecule has 0 saturated carbocycles. The molecule has 1 fully saturated rings. The summed E-state index contributed by atoms with van der Waals surface area (Å²) in [6.07, 6.45) is 5.84. The first-order chi connectivity index (χ1) is 15.5. The topological polar surface area (TPSA) is 67.2 Å². The number of carbonyl (C=O) groups is 1. The number of nitrogens with zero attached hydrogens (tertiary/aromatic N) is 3. The van der Waals surface area contributed by atoms with E-state index in [0.29, 0.717) is 23.7 Å². The lowest BCUT2D eigenvalue weighted by atomic mass is 10.1. The van der Waals surface area contributed by atoms with Crippen LogP contribution in [0, 0.1) is 6.92 Å². The predicted octanol–water partition coefficient (Wildman–Crippen LogP) is 3.54. The van der Waals surface area contributed by atoms with Gasteiger partial charge in [-0.05, 0) is 44.8 Å². The van der Waals surface area contributed by atoms with Crippen molar-refractivity contribution in [2.45, 2.75) is 62.8 Å². The Morgan fingerprint density at radius 2 is 1.94 bits per heavy atom. The molecule has 6 nitrogen and oxygen atoms in total. The predicted molar refractivity (Wildman–Crippen MR) is 131 cm³/mol. The maximum absolute atomic E-state index is 13.1. The third-order valence-electron chi connectivity index (χ3n) is 6.06. The lowest BCUT2D eigenvalue weighted by molar-refractivity contribution is -0.120. The lowest BCUT2D eigenvalue weighted by Crippen LogP contribution is -2.38. The van der Waals surface area contributed by atoms with Gasteiger partial charge in [0.15, 0.2) is 5.16 Å². The van der Waals surface area contributed by atoms with E-state index >= 15 is 0 Å². The zero-order valence-electron chi connectivity index (χ0n) is 19.6. The summed E-state index contributed by atoms with van der Waals surface area (Å²) in [6.45, 7) is 7.85. The molecule has 3 rings (SSSR count). The number of benzene rings is 1. The molecule has 2 aromatic rings. The number of carbonyl (C=O) groups excluding carboxylic acids is 1. The molecule has 1 aromatic heterocycles. The fourth-order valence-electron chi connectivity index (χ4n) is 4.06. The molecular formula is C25H36N4O2S. The minimum atomic E-state index is -0.244. The minimum Gasteiger partial charge on any atom is -0.354 e. The highest BCUT2D eigenvalue weighted by Crippen LogP contribution is 2.25. The zero-order valence-corrected chi connectivity index (χ0v) is 20.4. The van der Waals surface area contributed by atoms with Crippen molar-refractivity contribution in [3.8, 4) is 0 Å². The van der Waals surface area contributed by atoms with Gasteiger partial charge in [-0.3, -0.25) is 14.2 Å². The van der Waals surface area contributed by atoms with Crippen molar-refractivity contribution in [2.24, 2.45) is 7.05 Å². The molecule has 1 amide bonds. The second-order valence-corrected chi connectivity index (χ2v) is 9.74. The van der Waals surface area contributed by atoms with Crippen molar-refractivity contribution >= 4 is 17.7 Å². The van der Waals surface area contributed by atoms with Crippen LogP contribution in [0.5, 0.6) is 0 Å². The summed E-state index contributed by atoms with van der Waals surface area (Å²) in [5.41, 5.74) is 2.51. The summed E-state index contributed by atoms with van der Waals surface area (Å²) < 4.78 is 1.60. The van der Waals surface area contributed by atoms with Crippen molar-refractivity contribution in [3.05, 3.63) is 57.5 Å². The molecule has 0 bridgehead atoms. The summed E-state index contributed by atoms with van der Waals surface area (Å²) in [4.78, 5) is 33.2. The summed E-state index contributed by atoms with van der Waals surface area (Å²) in [6, 6.07) is 9.98. The highest BCUT2D eigenvalue weighted by molar-refractivity contribution is 8.00. The molecule has 0 radical (unpaired) electrons. The molecule has 1 unspecified atom stereocenters. The van der Waals surface area contributed by atoms with Gasteiger partial charge in [0.25, 0.3) is 5.56 Å². The average Bonchev–Trinajstić information content (AvgIpc) is 3.31. The van der Waals surface area contributed by atoms with E-state index in [4.69, 9.17) is 4.98 Å². The van der Waals surface area contributed by atoms with Crippen molar-refractivity contribution < 1.29 is 4.79 Å². The quantitative estimate of drug-likeness (QED) is 0.414. The third-order valence-corrected chi connectivity index (χ3v) is 7.37. The second-order valence-electron chi connectivity index (χ2n) is 8.57. The van der Waals surface area contributed by atoms with Crippen LogP contribution in [0.15, 0.2) is 40.3 Å². The van der Waals surface area contributed by atoms with Crippen LogP contribution in [-0.2, 0) is 18.3 Å².